The van der Waals surface area contributed by atoms with Crippen molar-refractivity contribution in [2.45, 2.75) is 38.3 Å². The molecule has 2 aliphatic heterocycles. The molecular weight excluding hydrogens is 576 g/mol. The van der Waals surface area contributed by atoms with Crippen LogP contribution >= 0.6 is 0 Å². The average Bonchev–Trinajstić information content (AvgIpc) is 3.53. The van der Waals surface area contributed by atoms with Gasteiger partial charge in [0.2, 0.25) is 5.91 Å². The normalized spacial score (nSPS) is 16.8. The van der Waals surface area contributed by atoms with Gasteiger partial charge in [-0.1, -0.05) is 30.3 Å². The molecule has 2 aliphatic rings. The summed E-state index contributed by atoms with van der Waals surface area (Å²) in [5.41, 5.74) is 0.791. The molecule has 2 fully saturated rings. The number of nitrogens with zero attached hydrogens (tertiary/aromatic N) is 5. The first-order valence-electron chi connectivity index (χ1n) is 14.2. The Hall–Kier alpha value is -4.79. The number of aliphatic carboxylic acids is 1. The van der Waals surface area contributed by atoms with E-state index in [1.165, 1.54) is 9.80 Å². The summed E-state index contributed by atoms with van der Waals surface area (Å²) in [5.74, 6) is -1.18. The molecule has 44 heavy (non-hydrogen) atoms. The lowest BCUT2D eigenvalue weighted by Crippen LogP contribution is -2.56. The summed E-state index contributed by atoms with van der Waals surface area (Å²) in [6.07, 6.45) is 0.0143. The Balaban J connectivity index is 0.00000169. The van der Waals surface area contributed by atoms with Gasteiger partial charge >= 0.3 is 12.1 Å². The Morgan fingerprint density at radius 3 is 2.32 bits per heavy atom. The molecule has 3 heterocycles. The molecule has 3 N–H and O–H groups in total. The SMILES string of the molecule is CCOC(=O)N1CCN(C(=O)[C@H](CCC(=O)O)NC(=O)c2cc(N3CC[C@H](OC)C3)nc(-c3ccccc3)n2)CC1.O=CO. The summed E-state index contributed by atoms with van der Waals surface area (Å²) in [6, 6.07) is 9.76. The Morgan fingerprint density at radius 1 is 1.07 bits per heavy atom. The minimum Gasteiger partial charge on any atom is -0.483 e. The van der Waals surface area contributed by atoms with E-state index in [0.717, 1.165) is 12.0 Å². The van der Waals surface area contributed by atoms with Gasteiger partial charge in [0.15, 0.2) is 5.82 Å². The number of hydrogen-bond donors (Lipinski definition) is 3. The van der Waals surface area contributed by atoms with Gasteiger partial charge in [0.1, 0.15) is 17.6 Å². The minimum absolute atomic E-state index is 0.0460. The molecule has 0 unspecified atom stereocenters. The lowest BCUT2D eigenvalue weighted by Gasteiger charge is -2.35. The molecule has 15 heteroatoms. The number of carbonyl (C=O) groups excluding carboxylic acids is 3. The van der Waals surface area contributed by atoms with Gasteiger partial charge in [-0.2, -0.15) is 0 Å². The van der Waals surface area contributed by atoms with E-state index >= 15 is 0 Å². The fourth-order valence-electron chi connectivity index (χ4n) is 4.86. The molecule has 0 spiro atoms. The highest BCUT2D eigenvalue weighted by Crippen LogP contribution is 2.24. The number of benzene rings is 1. The van der Waals surface area contributed by atoms with Crippen LogP contribution < -0.4 is 10.2 Å². The van der Waals surface area contributed by atoms with Crippen LogP contribution in [0.3, 0.4) is 0 Å². The predicted octanol–water partition coefficient (Wildman–Crippen LogP) is 1.33. The van der Waals surface area contributed by atoms with E-state index in [-0.39, 0.29) is 63.9 Å². The summed E-state index contributed by atoms with van der Waals surface area (Å²) in [7, 11) is 1.66. The van der Waals surface area contributed by atoms with Crippen molar-refractivity contribution in [3.05, 3.63) is 42.1 Å². The van der Waals surface area contributed by atoms with E-state index in [1.54, 1.807) is 20.1 Å². The van der Waals surface area contributed by atoms with Crippen LogP contribution in [-0.2, 0) is 23.9 Å². The highest BCUT2D eigenvalue weighted by molar-refractivity contribution is 5.97. The van der Waals surface area contributed by atoms with Crippen molar-refractivity contribution < 1.29 is 43.7 Å². The van der Waals surface area contributed by atoms with E-state index in [9.17, 15) is 24.3 Å². The number of nitrogens with one attached hydrogen (secondary N) is 1. The highest BCUT2D eigenvalue weighted by atomic mass is 16.6. The minimum atomic E-state index is -1.09. The van der Waals surface area contributed by atoms with Crippen molar-refractivity contribution in [1.82, 2.24) is 25.1 Å². The number of anilines is 1. The zero-order valence-electron chi connectivity index (χ0n) is 24.8. The van der Waals surface area contributed by atoms with Crippen molar-refractivity contribution in [1.29, 1.82) is 0 Å². The van der Waals surface area contributed by atoms with E-state index in [4.69, 9.17) is 24.4 Å². The largest absolute Gasteiger partial charge is 0.483 e. The lowest BCUT2D eigenvalue weighted by molar-refractivity contribution is -0.138. The van der Waals surface area contributed by atoms with E-state index in [2.05, 4.69) is 10.3 Å². The second-order valence-corrected chi connectivity index (χ2v) is 9.97. The number of amides is 3. The Morgan fingerprint density at radius 2 is 1.73 bits per heavy atom. The fraction of sp³-hybridized carbons (Fsp3) is 0.483. The van der Waals surface area contributed by atoms with Crippen LogP contribution in [0.5, 0.6) is 0 Å². The zero-order chi connectivity index (χ0) is 32.1. The number of carboxylic acids is 1. The molecule has 0 aliphatic carbocycles. The van der Waals surface area contributed by atoms with E-state index in [0.29, 0.717) is 24.7 Å². The maximum Gasteiger partial charge on any atom is 0.409 e. The summed E-state index contributed by atoms with van der Waals surface area (Å²) >= 11 is 0. The van der Waals surface area contributed by atoms with Crippen LogP contribution in [0.4, 0.5) is 10.6 Å². The van der Waals surface area contributed by atoms with Crippen molar-refractivity contribution in [3.8, 4) is 11.4 Å². The van der Waals surface area contributed by atoms with Crippen LogP contribution in [0.1, 0.15) is 36.7 Å². The summed E-state index contributed by atoms with van der Waals surface area (Å²) in [6.45, 7) is 4.06. The van der Waals surface area contributed by atoms with Crippen LogP contribution in [0.15, 0.2) is 36.4 Å². The number of ether oxygens (including phenoxy) is 2. The molecule has 0 radical (unpaired) electrons. The standard InChI is InChI=1S/C28H36N6O7.CH2O2/c1-3-41-28(39)33-15-13-32(14-16-33)27(38)21(9-10-24(35)36)30-26(37)22-17-23(34-12-11-20(18-34)40-2)31-25(29-22)19-7-5-4-6-8-19;2-1-3/h4-8,17,20-21H,3,9-16,18H2,1-2H3,(H,30,37)(H,35,36);1H,(H,2,3)/t20-,21-;/m0./s1. The van der Waals surface area contributed by atoms with Crippen LogP contribution in [-0.4, -0.2) is 125 Å². The van der Waals surface area contributed by atoms with Gasteiger partial charge in [0, 0.05) is 64.4 Å². The second-order valence-electron chi connectivity index (χ2n) is 9.97. The van der Waals surface area contributed by atoms with Gasteiger partial charge in [0.25, 0.3) is 12.4 Å². The third-order valence-corrected chi connectivity index (χ3v) is 7.15. The highest BCUT2D eigenvalue weighted by Gasteiger charge is 2.32. The summed E-state index contributed by atoms with van der Waals surface area (Å²) in [4.78, 5) is 73.0. The monoisotopic (exact) mass is 614 g/mol. The number of carbonyl (C=O) groups is 5. The van der Waals surface area contributed by atoms with Gasteiger partial charge in [-0.3, -0.25) is 19.2 Å². The smallest absolute Gasteiger partial charge is 0.409 e. The van der Waals surface area contributed by atoms with Crippen LogP contribution in [0, 0.1) is 0 Å². The van der Waals surface area contributed by atoms with Crippen molar-refractivity contribution in [3.63, 3.8) is 0 Å². The quantitative estimate of drug-likeness (QED) is 0.326. The maximum atomic E-state index is 13.5. The maximum absolute atomic E-state index is 13.5. The Bertz CT molecular complexity index is 1290. The topological polar surface area (TPSA) is 192 Å². The molecule has 4 rings (SSSR count). The molecule has 2 saturated heterocycles. The van der Waals surface area contributed by atoms with E-state index < -0.39 is 29.9 Å². The molecule has 0 saturated carbocycles. The predicted molar refractivity (Wildman–Crippen MR) is 157 cm³/mol. The van der Waals surface area contributed by atoms with Gasteiger partial charge in [-0.25, -0.2) is 14.8 Å². The number of methoxy groups -OCH3 is 1. The number of aromatic nitrogens is 2. The second kappa shape index (κ2) is 16.7. The van der Waals surface area contributed by atoms with Gasteiger partial charge < -0.3 is 39.7 Å². The van der Waals surface area contributed by atoms with Crippen LogP contribution in [0.2, 0.25) is 0 Å². The third kappa shape index (κ3) is 9.36. The zero-order valence-corrected chi connectivity index (χ0v) is 24.8. The Kier molecular flexibility index (Phi) is 12.8. The molecule has 15 nitrogen and oxygen atoms in total. The van der Waals surface area contributed by atoms with E-state index in [1.807, 2.05) is 35.2 Å². The molecule has 2 atom stereocenters. The number of rotatable bonds is 10. The molecule has 2 aromatic rings. The first-order chi connectivity index (χ1) is 21.2. The molecule has 238 valence electrons. The van der Waals surface area contributed by atoms with Gasteiger partial charge in [-0.05, 0) is 19.8 Å². The average molecular weight is 615 g/mol. The number of carboxylic acid groups (broad SMARTS) is 2. The summed E-state index contributed by atoms with van der Waals surface area (Å²) < 4.78 is 10.5. The first kappa shape index (κ1) is 33.7. The third-order valence-electron chi connectivity index (χ3n) is 7.15. The molecular formula is C29H38N6O9. The molecule has 1 aromatic carbocycles. The van der Waals surface area contributed by atoms with Crippen LogP contribution in [0.25, 0.3) is 11.4 Å². The van der Waals surface area contributed by atoms with Gasteiger partial charge in [0.05, 0.1) is 12.7 Å². The molecule has 0 bridgehead atoms. The molecule has 1 aromatic heterocycles. The Labute approximate surface area is 254 Å². The first-order valence-corrected chi connectivity index (χ1v) is 14.2. The van der Waals surface area contributed by atoms with Crippen molar-refractivity contribution in [2.24, 2.45) is 0 Å². The van der Waals surface area contributed by atoms with Gasteiger partial charge in [-0.15, -0.1) is 0 Å². The fourth-order valence-corrected chi connectivity index (χ4v) is 4.86. The lowest BCUT2D eigenvalue weighted by atomic mass is 10.1. The van der Waals surface area contributed by atoms with Crippen molar-refractivity contribution >= 4 is 36.2 Å². The number of hydrogen-bond acceptors (Lipinski definition) is 10. The molecule has 3 amide bonds. The summed E-state index contributed by atoms with van der Waals surface area (Å²) in [5, 5.41) is 18.9. The number of piperazine rings is 1. The van der Waals surface area contributed by atoms with Crippen molar-refractivity contribution in [2.75, 3.05) is 57.9 Å².